The lowest BCUT2D eigenvalue weighted by Gasteiger charge is -2.12. The van der Waals surface area contributed by atoms with Gasteiger partial charge in [0.25, 0.3) is 5.78 Å². The summed E-state index contributed by atoms with van der Waals surface area (Å²) in [6.07, 6.45) is -4.88. The van der Waals surface area contributed by atoms with Crippen LogP contribution in [0.3, 0.4) is 0 Å². The number of nitrogens with one attached hydrogen (secondary N) is 1. The van der Waals surface area contributed by atoms with E-state index in [4.69, 9.17) is 5.26 Å². The number of halogens is 3. The van der Waals surface area contributed by atoms with Gasteiger partial charge in [-0.1, -0.05) is 0 Å². The Labute approximate surface area is 97.6 Å². The first-order chi connectivity index (χ1) is 7.61. The third-order valence-corrected chi connectivity index (χ3v) is 2.27. The number of rotatable bonds is 3. The summed E-state index contributed by atoms with van der Waals surface area (Å²) in [6.45, 7) is 5.52. The monoisotopic (exact) mass is 246 g/mol. The standard InChI is InChI=1S/C11H13F3N2O/c1-6(5-15)8(3)16-9(4)7(2)10(17)11(12,13)14/h16H,1-4H3/b8-6+,9-7?. The fourth-order valence-corrected chi connectivity index (χ4v) is 0.936. The molecule has 6 heteroatoms. The molecule has 94 valence electrons. The highest BCUT2D eigenvalue weighted by atomic mass is 19.4. The van der Waals surface area contributed by atoms with Crippen LogP contribution < -0.4 is 5.32 Å². The lowest BCUT2D eigenvalue weighted by Crippen LogP contribution is -2.26. The van der Waals surface area contributed by atoms with Crippen molar-refractivity contribution in [2.24, 2.45) is 0 Å². The molecular weight excluding hydrogens is 233 g/mol. The van der Waals surface area contributed by atoms with E-state index in [1.165, 1.54) is 13.8 Å². The second-order valence-corrected chi connectivity index (χ2v) is 3.56. The minimum absolute atomic E-state index is 0.0828. The zero-order valence-electron chi connectivity index (χ0n) is 9.99. The van der Waals surface area contributed by atoms with Crippen molar-refractivity contribution in [2.45, 2.75) is 33.9 Å². The van der Waals surface area contributed by atoms with Gasteiger partial charge in [0.2, 0.25) is 0 Å². The highest BCUT2D eigenvalue weighted by Crippen LogP contribution is 2.21. The van der Waals surface area contributed by atoms with Crippen molar-refractivity contribution in [3.05, 3.63) is 22.5 Å². The number of alkyl halides is 3. The largest absolute Gasteiger partial charge is 0.454 e. The second kappa shape index (κ2) is 5.53. The van der Waals surface area contributed by atoms with Crippen molar-refractivity contribution >= 4 is 5.78 Å². The van der Waals surface area contributed by atoms with Crippen molar-refractivity contribution in [3.8, 4) is 6.07 Å². The van der Waals surface area contributed by atoms with Gasteiger partial charge in [0, 0.05) is 22.5 Å². The third-order valence-electron chi connectivity index (χ3n) is 2.27. The van der Waals surface area contributed by atoms with E-state index in [0.717, 1.165) is 6.92 Å². The van der Waals surface area contributed by atoms with Crippen LogP contribution in [-0.4, -0.2) is 12.0 Å². The van der Waals surface area contributed by atoms with Gasteiger partial charge in [0.05, 0.1) is 6.07 Å². The van der Waals surface area contributed by atoms with Crippen LogP contribution in [0.25, 0.3) is 0 Å². The molecule has 0 unspecified atom stereocenters. The van der Waals surface area contributed by atoms with Crippen LogP contribution in [0.1, 0.15) is 27.7 Å². The van der Waals surface area contributed by atoms with E-state index < -0.39 is 17.5 Å². The van der Waals surface area contributed by atoms with Gasteiger partial charge in [-0.3, -0.25) is 4.79 Å². The molecule has 0 atom stereocenters. The van der Waals surface area contributed by atoms with E-state index in [1.807, 2.05) is 6.07 Å². The molecule has 3 nitrogen and oxygen atoms in total. The summed E-state index contributed by atoms with van der Waals surface area (Å²) in [5.41, 5.74) is 0.429. The van der Waals surface area contributed by atoms with Gasteiger partial charge in [-0.15, -0.1) is 0 Å². The van der Waals surface area contributed by atoms with Crippen LogP contribution in [0.15, 0.2) is 22.5 Å². The molecule has 0 aromatic rings. The quantitative estimate of drug-likeness (QED) is 0.615. The molecule has 0 aliphatic carbocycles. The van der Waals surface area contributed by atoms with E-state index in [1.54, 1.807) is 6.92 Å². The Morgan fingerprint density at radius 1 is 1.12 bits per heavy atom. The van der Waals surface area contributed by atoms with E-state index in [-0.39, 0.29) is 5.70 Å². The summed E-state index contributed by atoms with van der Waals surface area (Å²) in [7, 11) is 0. The first-order valence-corrected chi connectivity index (χ1v) is 4.74. The van der Waals surface area contributed by atoms with Crippen LogP contribution >= 0.6 is 0 Å². The molecule has 0 aliphatic rings. The molecule has 0 spiro atoms. The molecule has 0 heterocycles. The van der Waals surface area contributed by atoms with Crippen molar-refractivity contribution in [2.75, 3.05) is 0 Å². The van der Waals surface area contributed by atoms with E-state index >= 15 is 0 Å². The Hall–Kier alpha value is -1.77. The van der Waals surface area contributed by atoms with Gasteiger partial charge in [-0.05, 0) is 27.7 Å². The average molecular weight is 246 g/mol. The van der Waals surface area contributed by atoms with Crippen molar-refractivity contribution in [1.82, 2.24) is 5.32 Å². The molecule has 0 saturated carbocycles. The number of hydrogen-bond donors (Lipinski definition) is 1. The minimum atomic E-state index is -4.88. The Morgan fingerprint density at radius 2 is 1.59 bits per heavy atom. The molecule has 0 radical (unpaired) electrons. The van der Waals surface area contributed by atoms with Crippen LogP contribution in [0, 0.1) is 11.3 Å². The van der Waals surface area contributed by atoms with Crippen LogP contribution in [0.4, 0.5) is 13.2 Å². The first kappa shape index (κ1) is 15.2. The number of nitriles is 1. The number of hydrogen-bond acceptors (Lipinski definition) is 3. The highest BCUT2D eigenvalue weighted by Gasteiger charge is 2.39. The molecule has 0 amide bonds. The molecule has 0 rings (SSSR count). The third kappa shape index (κ3) is 4.31. The fourth-order valence-electron chi connectivity index (χ4n) is 0.936. The Kier molecular flexibility index (Phi) is 4.95. The molecule has 0 aliphatic heterocycles. The average Bonchev–Trinajstić information content (AvgIpc) is 2.24. The zero-order valence-corrected chi connectivity index (χ0v) is 9.99. The van der Waals surface area contributed by atoms with Gasteiger partial charge in [0.1, 0.15) is 0 Å². The van der Waals surface area contributed by atoms with Crippen LogP contribution in [0.2, 0.25) is 0 Å². The summed E-state index contributed by atoms with van der Waals surface area (Å²) in [6, 6.07) is 1.86. The van der Waals surface area contributed by atoms with Crippen molar-refractivity contribution in [1.29, 1.82) is 5.26 Å². The summed E-state index contributed by atoms with van der Waals surface area (Å²) in [5, 5.41) is 11.2. The van der Waals surface area contributed by atoms with Crippen molar-refractivity contribution in [3.63, 3.8) is 0 Å². The Morgan fingerprint density at radius 3 is 1.94 bits per heavy atom. The van der Waals surface area contributed by atoms with Gasteiger partial charge in [-0.25, -0.2) is 0 Å². The maximum absolute atomic E-state index is 12.1. The second-order valence-electron chi connectivity index (χ2n) is 3.56. The molecule has 0 aromatic heterocycles. The molecular formula is C11H13F3N2O. The number of Topliss-reactive ketones (excluding diaryl/α,β-unsaturated/α-hetero) is 1. The number of nitrogens with zero attached hydrogens (tertiary/aromatic N) is 1. The maximum atomic E-state index is 12.1. The number of carbonyl (C=O) groups is 1. The summed E-state index contributed by atoms with van der Waals surface area (Å²) in [4.78, 5) is 10.9. The topological polar surface area (TPSA) is 52.9 Å². The Balaban J connectivity index is 5.12. The van der Waals surface area contributed by atoms with E-state index in [2.05, 4.69) is 5.32 Å². The normalized spacial score (nSPS) is 14.5. The highest BCUT2D eigenvalue weighted by molar-refractivity contribution is 5.99. The van der Waals surface area contributed by atoms with Gasteiger partial charge < -0.3 is 5.32 Å². The zero-order chi connectivity index (χ0) is 13.8. The summed E-state index contributed by atoms with van der Waals surface area (Å²) < 4.78 is 36.4. The maximum Gasteiger partial charge on any atom is 0.454 e. The van der Waals surface area contributed by atoms with Gasteiger partial charge >= 0.3 is 6.18 Å². The van der Waals surface area contributed by atoms with Gasteiger partial charge in [-0.2, -0.15) is 18.4 Å². The molecule has 1 N–H and O–H groups in total. The lowest BCUT2D eigenvalue weighted by molar-refractivity contribution is -0.166. The first-order valence-electron chi connectivity index (χ1n) is 4.74. The number of allylic oxidation sites excluding steroid dienone is 4. The lowest BCUT2D eigenvalue weighted by atomic mass is 10.1. The molecule has 0 bridgehead atoms. The van der Waals surface area contributed by atoms with Crippen LogP contribution in [-0.2, 0) is 4.79 Å². The SMILES string of the molecule is CC(N/C(C)=C(\C)C#N)=C(C)C(=O)C(F)(F)F. The smallest absolute Gasteiger partial charge is 0.362 e. The Bertz CT molecular complexity index is 425. The van der Waals surface area contributed by atoms with Gasteiger partial charge in [0.15, 0.2) is 0 Å². The molecule has 17 heavy (non-hydrogen) atoms. The van der Waals surface area contributed by atoms with E-state index in [9.17, 15) is 18.0 Å². The van der Waals surface area contributed by atoms with E-state index in [0.29, 0.717) is 11.3 Å². The molecule has 0 saturated heterocycles. The molecule has 0 fully saturated rings. The summed E-state index contributed by atoms with van der Waals surface area (Å²) in [5.74, 6) is -1.88. The number of carbonyl (C=O) groups excluding carboxylic acids is 1. The van der Waals surface area contributed by atoms with Crippen molar-refractivity contribution < 1.29 is 18.0 Å². The fraction of sp³-hybridized carbons (Fsp3) is 0.455. The predicted molar refractivity (Wildman–Crippen MR) is 56.6 cm³/mol. The predicted octanol–water partition coefficient (Wildman–Crippen LogP) is 2.82. The molecule has 0 aromatic carbocycles. The minimum Gasteiger partial charge on any atom is -0.362 e. The summed E-state index contributed by atoms with van der Waals surface area (Å²) >= 11 is 0. The number of ketones is 1. The van der Waals surface area contributed by atoms with Crippen LogP contribution in [0.5, 0.6) is 0 Å².